The van der Waals surface area contributed by atoms with Crippen molar-refractivity contribution in [1.29, 1.82) is 0 Å². The summed E-state index contributed by atoms with van der Waals surface area (Å²) in [5, 5.41) is 26.7. The molecule has 1 fully saturated rings. The molecular weight excluding hydrogens is 455 g/mol. The molecule has 4 N–H and O–H groups in total. The number of carbonyl (C=O) groups excluding carboxylic acids is 1. The molecule has 1 aliphatic rings. The number of imidazole rings is 1. The van der Waals surface area contributed by atoms with Crippen LogP contribution in [0, 0.1) is 0 Å². The number of hydrogen-bond donors (Lipinski definition) is 4. The molecule has 158 valence electrons. The zero-order valence-corrected chi connectivity index (χ0v) is 18.1. The van der Waals surface area contributed by atoms with Crippen molar-refractivity contribution in [2.45, 2.75) is 28.5 Å². The Morgan fingerprint density at radius 1 is 1.23 bits per heavy atom. The number of nitrogens with one attached hydrogen (secondary N) is 2. The van der Waals surface area contributed by atoms with Gasteiger partial charge in [-0.05, 0) is 0 Å². The Bertz CT molecular complexity index is 1060. The van der Waals surface area contributed by atoms with Gasteiger partial charge in [-0.2, -0.15) is 0 Å². The van der Waals surface area contributed by atoms with Crippen LogP contribution in [0.1, 0.15) is 10.5 Å². The predicted molar refractivity (Wildman–Crippen MR) is 110 cm³/mol. The van der Waals surface area contributed by atoms with Crippen molar-refractivity contribution in [2.75, 3.05) is 19.5 Å². The van der Waals surface area contributed by atoms with Gasteiger partial charge in [0, 0.05) is 0 Å². The van der Waals surface area contributed by atoms with Crippen molar-refractivity contribution in [3.63, 3.8) is 0 Å². The number of fused-ring (bicyclic) bond motifs is 1. The number of para-hydroxylation sites is 1. The summed E-state index contributed by atoms with van der Waals surface area (Å²) in [5.74, 6) is 1.04. The number of rotatable bonds is 6. The number of carbonyl (C=O) groups is 1. The summed E-state index contributed by atoms with van der Waals surface area (Å²) in [5.41, 5.74) is 2.05. The summed E-state index contributed by atoms with van der Waals surface area (Å²) in [6.45, 7) is 0.483. The minimum absolute atomic E-state index is 0.276. The van der Waals surface area contributed by atoms with Crippen LogP contribution in [0.25, 0.3) is 11.2 Å². The summed E-state index contributed by atoms with van der Waals surface area (Å²) in [7, 11) is 3.14. The number of nitrogens with zero attached hydrogens (tertiary/aromatic N) is 4. The quantitative estimate of drug-likeness (QED) is 0.363. The van der Waals surface area contributed by atoms with Crippen LogP contribution in [-0.2, 0) is 11.3 Å². The average molecular weight is 477 g/mol. The summed E-state index contributed by atoms with van der Waals surface area (Å²) in [6.07, 6.45) is 0.788. The Hall–Kier alpha value is -2.72. The van der Waals surface area contributed by atoms with Crippen molar-refractivity contribution in [3.05, 3.63) is 42.5 Å². The topological polar surface area (TPSA) is 134 Å². The van der Waals surface area contributed by atoms with Crippen molar-refractivity contribution in [3.8, 4) is 5.75 Å². The van der Waals surface area contributed by atoms with E-state index >= 15 is 0 Å². The number of benzene rings is 1. The third kappa shape index (κ3) is 3.61. The zero-order chi connectivity index (χ0) is 21.3. The Labute approximate surface area is 178 Å². The van der Waals surface area contributed by atoms with Crippen LogP contribution in [-0.4, -0.2) is 77.0 Å². The van der Waals surface area contributed by atoms with Gasteiger partial charge in [0.05, 0.1) is 0 Å². The molecule has 0 saturated carbocycles. The van der Waals surface area contributed by atoms with Gasteiger partial charge < -0.3 is 0 Å². The van der Waals surface area contributed by atoms with E-state index in [1.54, 1.807) is 18.0 Å². The van der Waals surface area contributed by atoms with E-state index in [1.807, 2.05) is 24.3 Å². The Morgan fingerprint density at radius 2 is 2.03 bits per heavy atom. The maximum absolute atomic E-state index is 12.0. The second kappa shape index (κ2) is 8.57. The molecule has 4 atom stereocenters. The van der Waals surface area contributed by atoms with Crippen molar-refractivity contribution in [1.82, 2.24) is 24.8 Å². The standard InChI is InChI=1S/C19H22N6O4Se/c1-20-18(28)15-13(26)14(27)19(30-15)25-9-24-12-16(22-8-23-17(12)25)21-7-10-5-3-4-6-11(10)29-2/h3-6,8-9,13-15,19,26-27H,7H2,1-2H3,(H,20,28)(H,21,22,23)/t13-,14+,15+,19+/m0/s1. The Morgan fingerprint density at radius 3 is 2.80 bits per heavy atom. The van der Waals surface area contributed by atoms with E-state index < -0.39 is 22.0 Å². The summed E-state index contributed by atoms with van der Waals surface area (Å²) in [4.78, 5) is 24.0. The first-order valence-corrected chi connectivity index (χ1v) is 11.3. The first kappa shape index (κ1) is 20.5. The molecule has 1 aromatic carbocycles. The third-order valence-electron chi connectivity index (χ3n) is 5.01. The molecule has 11 heteroatoms. The molecular formula is C19H22N6O4Se. The minimum atomic E-state index is -1.13. The van der Waals surface area contributed by atoms with Crippen LogP contribution in [0.2, 0.25) is 4.82 Å². The van der Waals surface area contributed by atoms with Gasteiger partial charge in [-0.25, -0.2) is 0 Å². The number of amides is 1. The number of aromatic nitrogens is 4. The number of anilines is 1. The molecule has 1 amide bonds. The number of ether oxygens (including phenoxy) is 1. The van der Waals surface area contributed by atoms with Crippen molar-refractivity contribution < 1.29 is 19.7 Å². The van der Waals surface area contributed by atoms with E-state index in [0.29, 0.717) is 23.5 Å². The Kier molecular flexibility index (Phi) is 5.87. The molecule has 1 aliphatic heterocycles. The van der Waals surface area contributed by atoms with Gasteiger partial charge >= 0.3 is 179 Å². The number of aliphatic hydroxyl groups is 2. The normalized spacial score (nSPS) is 23.5. The van der Waals surface area contributed by atoms with E-state index in [1.165, 1.54) is 13.4 Å². The molecule has 3 heterocycles. The average Bonchev–Trinajstić information content (AvgIpc) is 3.33. The monoisotopic (exact) mass is 478 g/mol. The second-order valence-corrected chi connectivity index (χ2v) is 9.40. The van der Waals surface area contributed by atoms with Gasteiger partial charge in [-0.3, -0.25) is 0 Å². The molecule has 0 unspecified atom stereocenters. The number of aliphatic hydroxyl groups excluding tert-OH is 2. The van der Waals surface area contributed by atoms with Gasteiger partial charge in [-0.15, -0.1) is 0 Å². The molecule has 3 aromatic rings. The van der Waals surface area contributed by atoms with Crippen molar-refractivity contribution >= 4 is 37.8 Å². The number of methoxy groups -OCH3 is 1. The molecule has 1 saturated heterocycles. The van der Waals surface area contributed by atoms with Crippen LogP contribution in [0.4, 0.5) is 5.82 Å². The van der Waals surface area contributed by atoms with E-state index in [0.717, 1.165) is 11.3 Å². The first-order chi connectivity index (χ1) is 14.5. The Balaban J connectivity index is 1.60. The first-order valence-electron chi connectivity index (χ1n) is 9.31. The third-order valence-corrected chi connectivity index (χ3v) is 8.31. The van der Waals surface area contributed by atoms with Gasteiger partial charge in [0.1, 0.15) is 0 Å². The van der Waals surface area contributed by atoms with E-state index in [2.05, 4.69) is 25.6 Å². The van der Waals surface area contributed by atoms with Crippen molar-refractivity contribution in [2.24, 2.45) is 0 Å². The van der Waals surface area contributed by atoms with Crippen LogP contribution >= 0.6 is 0 Å². The molecule has 0 radical (unpaired) electrons. The van der Waals surface area contributed by atoms with E-state index in [4.69, 9.17) is 4.74 Å². The van der Waals surface area contributed by atoms with Crippen LogP contribution in [0.3, 0.4) is 0 Å². The van der Waals surface area contributed by atoms with Crippen LogP contribution in [0.15, 0.2) is 36.9 Å². The number of hydrogen-bond acceptors (Lipinski definition) is 8. The fourth-order valence-electron chi connectivity index (χ4n) is 3.44. The van der Waals surface area contributed by atoms with Gasteiger partial charge in [0.2, 0.25) is 0 Å². The zero-order valence-electron chi connectivity index (χ0n) is 16.4. The van der Waals surface area contributed by atoms with E-state index in [9.17, 15) is 15.0 Å². The second-order valence-electron chi connectivity index (χ2n) is 6.75. The summed E-state index contributed by atoms with van der Waals surface area (Å²) < 4.78 is 7.10. The van der Waals surface area contributed by atoms with Crippen LogP contribution < -0.4 is 15.4 Å². The van der Waals surface area contributed by atoms with E-state index in [-0.39, 0.29) is 20.9 Å². The molecule has 2 aromatic heterocycles. The fraction of sp³-hybridized carbons (Fsp3) is 0.368. The molecule has 10 nitrogen and oxygen atoms in total. The predicted octanol–water partition coefficient (Wildman–Crippen LogP) is -0.0803. The van der Waals surface area contributed by atoms with Crippen LogP contribution in [0.5, 0.6) is 5.75 Å². The molecule has 4 rings (SSSR count). The molecule has 0 aliphatic carbocycles. The summed E-state index contributed by atoms with van der Waals surface area (Å²) >= 11 is -0.386. The van der Waals surface area contributed by atoms with Gasteiger partial charge in [0.15, 0.2) is 0 Å². The van der Waals surface area contributed by atoms with Gasteiger partial charge in [0.25, 0.3) is 0 Å². The summed E-state index contributed by atoms with van der Waals surface area (Å²) in [6, 6.07) is 7.68. The van der Waals surface area contributed by atoms with Gasteiger partial charge in [-0.1, -0.05) is 0 Å². The molecule has 0 spiro atoms. The fourth-order valence-corrected chi connectivity index (χ4v) is 6.53. The SMILES string of the molecule is CNC(=O)[C@@H]1[Se][C@@H](n2cnc3c(NCc4ccccc4OC)ncnc32)[C@H](O)[C@@H]1O. The maximum atomic E-state index is 12.0. The molecule has 30 heavy (non-hydrogen) atoms. The molecule has 0 bridgehead atoms.